The average Bonchev–Trinajstić information content (AvgIpc) is 2.73. The van der Waals surface area contributed by atoms with Crippen LogP contribution in [0.1, 0.15) is 22.9 Å². The lowest BCUT2D eigenvalue weighted by atomic mass is 10.0. The van der Waals surface area contributed by atoms with Gasteiger partial charge in [0.05, 0.1) is 11.7 Å². The number of nitrogens with zero attached hydrogens (tertiary/aromatic N) is 2. The lowest BCUT2D eigenvalue weighted by Gasteiger charge is -2.18. The normalized spacial score (nSPS) is 12.7. The van der Waals surface area contributed by atoms with Gasteiger partial charge in [0.1, 0.15) is 11.6 Å². The lowest BCUT2D eigenvalue weighted by Crippen LogP contribution is -2.22. The lowest BCUT2D eigenvalue weighted by molar-refractivity contribution is 0.533. The van der Waals surface area contributed by atoms with Crippen molar-refractivity contribution in [3.63, 3.8) is 0 Å². The summed E-state index contributed by atoms with van der Waals surface area (Å²) in [5.41, 5.74) is 1.66. The number of halogens is 2. The van der Waals surface area contributed by atoms with E-state index in [1.54, 1.807) is 38.0 Å². The van der Waals surface area contributed by atoms with Crippen LogP contribution in [0.15, 0.2) is 24.4 Å². The first-order valence-electron chi connectivity index (χ1n) is 5.65. The van der Waals surface area contributed by atoms with Gasteiger partial charge in [-0.25, -0.2) is 8.78 Å². The van der Waals surface area contributed by atoms with Gasteiger partial charge in [-0.1, -0.05) is 0 Å². The highest BCUT2D eigenvalue weighted by Crippen LogP contribution is 2.25. The van der Waals surface area contributed by atoms with Crippen LogP contribution in [0.4, 0.5) is 8.78 Å². The Morgan fingerprint density at radius 1 is 1.28 bits per heavy atom. The molecule has 0 aliphatic rings. The van der Waals surface area contributed by atoms with Crippen molar-refractivity contribution >= 4 is 0 Å². The maximum absolute atomic E-state index is 13.9. The van der Waals surface area contributed by atoms with Gasteiger partial charge in [-0.3, -0.25) is 4.68 Å². The largest absolute Gasteiger partial charge is 0.308 e. The fourth-order valence-electron chi connectivity index (χ4n) is 2.03. The van der Waals surface area contributed by atoms with Crippen LogP contribution in [0.3, 0.4) is 0 Å². The second-order valence-electron chi connectivity index (χ2n) is 4.22. The molecule has 1 heterocycles. The molecule has 1 aromatic carbocycles. The third-order valence-corrected chi connectivity index (χ3v) is 3.03. The minimum Gasteiger partial charge on any atom is -0.308 e. The molecular weight excluding hydrogens is 236 g/mol. The van der Waals surface area contributed by atoms with E-state index in [1.807, 2.05) is 0 Å². The molecule has 0 bridgehead atoms. The van der Waals surface area contributed by atoms with Crippen LogP contribution in [-0.4, -0.2) is 16.8 Å². The molecular formula is C13H15F2N3. The third kappa shape index (κ3) is 2.13. The van der Waals surface area contributed by atoms with Crippen molar-refractivity contribution in [1.29, 1.82) is 0 Å². The standard InChI is InChI=1S/C13H15F2N3/c1-8-6-9(11(15)7-10(8)14)13(16-2)12-4-5-17-18(12)3/h4-7,13,16H,1-3H3. The smallest absolute Gasteiger partial charge is 0.131 e. The van der Waals surface area contributed by atoms with Gasteiger partial charge in [-0.2, -0.15) is 5.10 Å². The molecule has 0 saturated heterocycles. The van der Waals surface area contributed by atoms with Crippen LogP contribution in [0.2, 0.25) is 0 Å². The molecule has 0 aliphatic carbocycles. The molecule has 2 aromatic rings. The molecule has 2 rings (SSSR count). The monoisotopic (exact) mass is 251 g/mol. The van der Waals surface area contributed by atoms with Crippen LogP contribution < -0.4 is 5.32 Å². The Balaban J connectivity index is 2.52. The number of rotatable bonds is 3. The number of benzene rings is 1. The zero-order valence-corrected chi connectivity index (χ0v) is 10.5. The van der Waals surface area contributed by atoms with Crippen molar-refractivity contribution in [2.75, 3.05) is 7.05 Å². The van der Waals surface area contributed by atoms with Crippen LogP contribution in [0.25, 0.3) is 0 Å². The fourth-order valence-corrected chi connectivity index (χ4v) is 2.03. The maximum atomic E-state index is 13.9. The minimum atomic E-state index is -0.557. The van der Waals surface area contributed by atoms with Crippen molar-refractivity contribution < 1.29 is 8.78 Å². The Kier molecular flexibility index (Phi) is 3.43. The molecule has 1 unspecified atom stereocenters. The van der Waals surface area contributed by atoms with Gasteiger partial charge in [0.25, 0.3) is 0 Å². The van der Waals surface area contributed by atoms with Gasteiger partial charge in [-0.15, -0.1) is 0 Å². The molecule has 5 heteroatoms. The SMILES string of the molecule is CNC(c1cc(C)c(F)cc1F)c1ccnn1C. The molecule has 3 nitrogen and oxygen atoms in total. The summed E-state index contributed by atoms with van der Waals surface area (Å²) in [4.78, 5) is 0. The summed E-state index contributed by atoms with van der Waals surface area (Å²) < 4.78 is 28.8. The molecule has 0 amide bonds. The number of hydrogen-bond donors (Lipinski definition) is 1. The van der Waals surface area contributed by atoms with E-state index in [4.69, 9.17) is 0 Å². The Bertz CT molecular complexity index is 563. The Hall–Kier alpha value is -1.75. The van der Waals surface area contributed by atoms with Crippen LogP contribution in [-0.2, 0) is 7.05 Å². The quantitative estimate of drug-likeness (QED) is 0.907. The van der Waals surface area contributed by atoms with Gasteiger partial charge in [0, 0.05) is 24.9 Å². The number of aryl methyl sites for hydroxylation is 2. The molecule has 1 aromatic heterocycles. The number of hydrogen-bond acceptors (Lipinski definition) is 2. The van der Waals surface area contributed by atoms with E-state index in [-0.39, 0.29) is 6.04 Å². The van der Waals surface area contributed by atoms with Crippen LogP contribution in [0, 0.1) is 18.6 Å². The first kappa shape index (κ1) is 12.7. The minimum absolute atomic E-state index is 0.350. The fraction of sp³-hybridized carbons (Fsp3) is 0.308. The topological polar surface area (TPSA) is 29.9 Å². The van der Waals surface area contributed by atoms with Gasteiger partial charge in [0.2, 0.25) is 0 Å². The summed E-state index contributed by atoms with van der Waals surface area (Å²) in [5, 5.41) is 7.09. The maximum Gasteiger partial charge on any atom is 0.131 e. The van der Waals surface area contributed by atoms with Crippen molar-refractivity contribution in [3.8, 4) is 0 Å². The van der Waals surface area contributed by atoms with Gasteiger partial charge in [0.15, 0.2) is 0 Å². The molecule has 0 aliphatic heterocycles. The van der Waals surface area contributed by atoms with Gasteiger partial charge < -0.3 is 5.32 Å². The first-order chi connectivity index (χ1) is 8.54. The van der Waals surface area contributed by atoms with Crippen molar-refractivity contribution in [2.24, 2.45) is 7.05 Å². The second-order valence-corrected chi connectivity index (χ2v) is 4.22. The Morgan fingerprint density at radius 2 is 2.00 bits per heavy atom. The van der Waals surface area contributed by atoms with E-state index in [9.17, 15) is 8.78 Å². The average molecular weight is 251 g/mol. The number of nitrogens with one attached hydrogen (secondary N) is 1. The molecule has 1 N–H and O–H groups in total. The van der Waals surface area contributed by atoms with Crippen LogP contribution >= 0.6 is 0 Å². The van der Waals surface area contributed by atoms with Crippen molar-refractivity contribution in [2.45, 2.75) is 13.0 Å². The van der Waals surface area contributed by atoms with E-state index in [1.165, 1.54) is 6.07 Å². The van der Waals surface area contributed by atoms with E-state index < -0.39 is 11.6 Å². The number of aromatic nitrogens is 2. The Morgan fingerprint density at radius 3 is 2.56 bits per heavy atom. The van der Waals surface area contributed by atoms with E-state index >= 15 is 0 Å². The van der Waals surface area contributed by atoms with E-state index in [0.717, 1.165) is 11.8 Å². The van der Waals surface area contributed by atoms with Gasteiger partial charge in [-0.05, 0) is 31.7 Å². The first-order valence-corrected chi connectivity index (χ1v) is 5.65. The summed E-state index contributed by atoms with van der Waals surface area (Å²) in [6, 6.07) is 3.90. The molecule has 1 atom stereocenters. The summed E-state index contributed by atoms with van der Waals surface area (Å²) in [6.07, 6.45) is 1.65. The highest BCUT2D eigenvalue weighted by Gasteiger charge is 2.20. The molecule has 0 radical (unpaired) electrons. The highest BCUT2D eigenvalue weighted by molar-refractivity contribution is 5.33. The zero-order valence-electron chi connectivity index (χ0n) is 10.5. The molecule has 18 heavy (non-hydrogen) atoms. The molecule has 0 spiro atoms. The zero-order chi connectivity index (χ0) is 13.3. The molecule has 0 saturated carbocycles. The third-order valence-electron chi connectivity index (χ3n) is 3.03. The van der Waals surface area contributed by atoms with Crippen molar-refractivity contribution in [1.82, 2.24) is 15.1 Å². The molecule has 96 valence electrons. The summed E-state index contributed by atoms with van der Waals surface area (Å²) >= 11 is 0. The Labute approximate surface area is 104 Å². The summed E-state index contributed by atoms with van der Waals surface area (Å²) in [5.74, 6) is -1.09. The second kappa shape index (κ2) is 4.86. The highest BCUT2D eigenvalue weighted by atomic mass is 19.1. The summed E-state index contributed by atoms with van der Waals surface area (Å²) in [7, 11) is 3.52. The summed E-state index contributed by atoms with van der Waals surface area (Å²) in [6.45, 7) is 1.62. The molecule has 0 fully saturated rings. The van der Waals surface area contributed by atoms with Crippen LogP contribution in [0.5, 0.6) is 0 Å². The van der Waals surface area contributed by atoms with Crippen molar-refractivity contribution in [3.05, 3.63) is 52.9 Å². The predicted octanol–water partition coefficient (Wildman–Crippen LogP) is 2.32. The van der Waals surface area contributed by atoms with E-state index in [0.29, 0.717) is 11.1 Å². The van der Waals surface area contributed by atoms with E-state index in [2.05, 4.69) is 10.4 Å². The van der Waals surface area contributed by atoms with Gasteiger partial charge >= 0.3 is 0 Å². The predicted molar refractivity (Wildman–Crippen MR) is 65.2 cm³/mol.